The van der Waals surface area contributed by atoms with Gasteiger partial charge in [-0.15, -0.1) is 0 Å². The molecule has 0 aliphatic heterocycles. The predicted molar refractivity (Wildman–Crippen MR) is 107 cm³/mol. The second-order valence-corrected chi connectivity index (χ2v) is 12.6. The standard InChI is InChI=1S/C11H11ClN4.C6H16OSi/c12-8-3-5-15-11-10(8)7(6-16-11)9(14)2-1-4-13;1-7-5-6-8(2,3)4/h1-6H,13-14H2,(H,15,16);5-6H2,1-4H3/b4-1-,9-2-;. The highest BCUT2D eigenvalue weighted by molar-refractivity contribution is 6.76. The van der Waals surface area contributed by atoms with Crippen LogP contribution >= 0.6 is 11.6 Å². The third-order valence-corrected chi connectivity index (χ3v) is 5.30. The van der Waals surface area contributed by atoms with Crippen molar-refractivity contribution in [2.24, 2.45) is 11.5 Å². The molecule has 0 fully saturated rings. The van der Waals surface area contributed by atoms with Crippen molar-refractivity contribution in [1.82, 2.24) is 9.97 Å². The van der Waals surface area contributed by atoms with Gasteiger partial charge in [-0.05, 0) is 30.5 Å². The summed E-state index contributed by atoms with van der Waals surface area (Å²) in [5.74, 6) is 0. The number of aromatic amines is 1. The molecule has 0 aliphatic carbocycles. The van der Waals surface area contributed by atoms with Gasteiger partial charge in [0.2, 0.25) is 0 Å². The highest BCUT2D eigenvalue weighted by Gasteiger charge is 2.11. The van der Waals surface area contributed by atoms with Crippen molar-refractivity contribution in [2.45, 2.75) is 25.7 Å². The third kappa shape index (κ3) is 6.39. The van der Waals surface area contributed by atoms with Crippen molar-refractivity contribution in [3.63, 3.8) is 0 Å². The Morgan fingerprint density at radius 3 is 2.67 bits per heavy atom. The molecule has 0 bridgehead atoms. The largest absolute Gasteiger partial charge is 0.405 e. The van der Waals surface area contributed by atoms with Crippen LogP contribution in [0.5, 0.6) is 0 Å². The SMILES string of the molecule is COCC[Si](C)(C)C.N/C=C\C=C(/N)c1c[nH]c2nccc(Cl)c12. The van der Waals surface area contributed by atoms with Crippen LogP contribution in [0.3, 0.4) is 0 Å². The van der Waals surface area contributed by atoms with Crippen molar-refractivity contribution in [1.29, 1.82) is 0 Å². The van der Waals surface area contributed by atoms with Crippen LogP contribution in [-0.4, -0.2) is 31.8 Å². The molecule has 0 amide bonds. The molecule has 2 heterocycles. The number of aromatic nitrogens is 2. The Balaban J connectivity index is 0.000000307. The van der Waals surface area contributed by atoms with Crippen molar-refractivity contribution >= 4 is 36.4 Å². The van der Waals surface area contributed by atoms with Gasteiger partial charge in [0.15, 0.2) is 0 Å². The van der Waals surface area contributed by atoms with E-state index >= 15 is 0 Å². The number of pyridine rings is 1. The van der Waals surface area contributed by atoms with Crippen LogP contribution in [0, 0.1) is 0 Å². The Labute approximate surface area is 149 Å². The van der Waals surface area contributed by atoms with Gasteiger partial charge in [0.05, 0.1) is 5.02 Å². The molecule has 132 valence electrons. The summed E-state index contributed by atoms with van der Waals surface area (Å²) < 4.78 is 4.95. The number of nitrogens with two attached hydrogens (primary N) is 2. The Morgan fingerprint density at radius 1 is 1.42 bits per heavy atom. The van der Waals surface area contributed by atoms with Crippen LogP contribution in [0.1, 0.15) is 5.56 Å². The minimum Gasteiger partial charge on any atom is -0.405 e. The Morgan fingerprint density at radius 2 is 2.12 bits per heavy atom. The van der Waals surface area contributed by atoms with Gasteiger partial charge >= 0.3 is 0 Å². The van der Waals surface area contributed by atoms with Crippen LogP contribution in [0.15, 0.2) is 36.8 Å². The van der Waals surface area contributed by atoms with E-state index in [0.29, 0.717) is 10.7 Å². The average Bonchev–Trinajstić information content (AvgIpc) is 2.96. The lowest BCUT2D eigenvalue weighted by Crippen LogP contribution is -2.21. The normalized spacial score (nSPS) is 12.5. The Hall–Kier alpha value is -1.76. The zero-order valence-electron chi connectivity index (χ0n) is 14.8. The molecule has 0 atom stereocenters. The van der Waals surface area contributed by atoms with E-state index in [1.165, 1.54) is 12.2 Å². The van der Waals surface area contributed by atoms with Crippen molar-refractivity contribution in [3.05, 3.63) is 47.4 Å². The van der Waals surface area contributed by atoms with Gasteiger partial charge in [0.25, 0.3) is 0 Å². The lowest BCUT2D eigenvalue weighted by Gasteiger charge is -2.13. The topological polar surface area (TPSA) is 90.0 Å². The van der Waals surface area contributed by atoms with E-state index in [4.69, 9.17) is 27.8 Å². The van der Waals surface area contributed by atoms with Gasteiger partial charge in [0.1, 0.15) is 5.65 Å². The minimum atomic E-state index is -0.803. The summed E-state index contributed by atoms with van der Waals surface area (Å²) in [6.45, 7) is 8.00. The highest BCUT2D eigenvalue weighted by Crippen LogP contribution is 2.27. The zero-order valence-corrected chi connectivity index (χ0v) is 16.5. The molecule has 7 heteroatoms. The summed E-state index contributed by atoms with van der Waals surface area (Å²) >= 11 is 6.10. The van der Waals surface area contributed by atoms with Crippen molar-refractivity contribution in [3.8, 4) is 0 Å². The van der Waals surface area contributed by atoms with Gasteiger partial charge in [-0.25, -0.2) is 4.98 Å². The summed E-state index contributed by atoms with van der Waals surface area (Å²) in [7, 11) is 0.961. The van der Waals surface area contributed by atoms with Gasteiger partial charge < -0.3 is 21.2 Å². The predicted octanol–water partition coefficient (Wildman–Crippen LogP) is 3.96. The van der Waals surface area contributed by atoms with E-state index in [-0.39, 0.29) is 0 Å². The van der Waals surface area contributed by atoms with Gasteiger partial charge in [-0.3, -0.25) is 0 Å². The second kappa shape index (κ2) is 9.51. The fourth-order valence-corrected chi connectivity index (χ4v) is 2.97. The molecule has 2 aromatic rings. The number of allylic oxidation sites excluding steroid dienone is 2. The van der Waals surface area contributed by atoms with Gasteiger partial charge in [0, 0.05) is 50.8 Å². The second-order valence-electron chi connectivity index (χ2n) is 6.53. The number of halogens is 1. The number of H-pyrrole nitrogens is 1. The lowest BCUT2D eigenvalue weighted by atomic mass is 10.1. The lowest BCUT2D eigenvalue weighted by molar-refractivity contribution is 0.214. The fraction of sp³-hybridized carbons (Fsp3) is 0.353. The summed E-state index contributed by atoms with van der Waals surface area (Å²) in [6.07, 6.45) is 8.22. The number of methoxy groups -OCH3 is 1. The molecular formula is C17H27ClN4OSi. The molecule has 0 unspecified atom stereocenters. The molecule has 0 saturated heterocycles. The molecule has 5 nitrogen and oxygen atoms in total. The molecule has 2 rings (SSSR count). The molecule has 0 aromatic carbocycles. The Bertz CT molecular complexity index is 704. The quantitative estimate of drug-likeness (QED) is 0.551. The van der Waals surface area contributed by atoms with Gasteiger partial charge in [-0.1, -0.05) is 31.2 Å². The number of nitrogens with one attached hydrogen (secondary N) is 1. The molecule has 5 N–H and O–H groups in total. The summed E-state index contributed by atoms with van der Waals surface area (Å²) in [6, 6.07) is 3.01. The van der Waals surface area contributed by atoms with Gasteiger partial charge in [-0.2, -0.15) is 0 Å². The third-order valence-electron chi connectivity index (χ3n) is 3.28. The van der Waals surface area contributed by atoms with E-state index in [1.54, 1.807) is 37.7 Å². The first-order valence-electron chi connectivity index (χ1n) is 7.75. The molecule has 0 saturated carbocycles. The van der Waals surface area contributed by atoms with Crippen molar-refractivity contribution < 1.29 is 4.74 Å². The van der Waals surface area contributed by atoms with E-state index in [1.807, 2.05) is 0 Å². The van der Waals surface area contributed by atoms with Crippen LogP contribution in [-0.2, 0) is 4.74 Å². The van der Waals surface area contributed by atoms with Crippen LogP contribution in [0.2, 0.25) is 30.7 Å². The van der Waals surface area contributed by atoms with Crippen LogP contribution in [0.25, 0.3) is 16.7 Å². The fourth-order valence-electron chi connectivity index (χ4n) is 1.90. The summed E-state index contributed by atoms with van der Waals surface area (Å²) in [4.78, 5) is 7.17. The van der Waals surface area contributed by atoms with Crippen molar-refractivity contribution in [2.75, 3.05) is 13.7 Å². The molecule has 0 radical (unpaired) electrons. The van der Waals surface area contributed by atoms with E-state index < -0.39 is 8.07 Å². The highest BCUT2D eigenvalue weighted by atomic mass is 35.5. The number of hydrogen-bond acceptors (Lipinski definition) is 4. The minimum absolute atomic E-state index is 0.586. The first-order valence-corrected chi connectivity index (χ1v) is 11.8. The van der Waals surface area contributed by atoms with E-state index in [9.17, 15) is 0 Å². The summed E-state index contributed by atoms with van der Waals surface area (Å²) in [5.41, 5.74) is 13.3. The Kier molecular flexibility index (Phi) is 8.04. The number of fused-ring (bicyclic) bond motifs is 1. The van der Waals surface area contributed by atoms with Crippen LogP contribution in [0.4, 0.5) is 0 Å². The number of rotatable bonds is 5. The first kappa shape index (κ1) is 20.3. The number of ether oxygens (including phenoxy) is 1. The first-order chi connectivity index (χ1) is 11.3. The van der Waals surface area contributed by atoms with E-state index in [2.05, 4.69) is 29.6 Å². The molecule has 2 aromatic heterocycles. The molecule has 0 aliphatic rings. The maximum Gasteiger partial charge on any atom is 0.139 e. The number of hydrogen-bond donors (Lipinski definition) is 3. The van der Waals surface area contributed by atoms with E-state index in [0.717, 1.165) is 23.2 Å². The molecule has 0 spiro atoms. The maximum atomic E-state index is 6.10. The zero-order chi connectivity index (χ0) is 18.2. The van der Waals surface area contributed by atoms with Crippen LogP contribution < -0.4 is 11.5 Å². The number of nitrogens with zero attached hydrogens (tertiary/aromatic N) is 1. The molecule has 24 heavy (non-hydrogen) atoms. The molecular weight excluding hydrogens is 340 g/mol. The maximum absolute atomic E-state index is 6.10. The smallest absolute Gasteiger partial charge is 0.139 e. The summed E-state index contributed by atoms with van der Waals surface area (Å²) in [5, 5.41) is 1.44. The average molecular weight is 367 g/mol. The monoisotopic (exact) mass is 366 g/mol.